The number of hydrogen-bond donors (Lipinski definition) is 1. The molecule has 1 atom stereocenters. The summed E-state index contributed by atoms with van der Waals surface area (Å²) in [7, 11) is 0. The Morgan fingerprint density at radius 3 is 2.47 bits per heavy atom. The Morgan fingerprint density at radius 2 is 2.00 bits per heavy atom. The largest absolute Gasteiger partial charge is 0.458 e. The van der Waals surface area contributed by atoms with E-state index in [0.29, 0.717) is 4.88 Å². The van der Waals surface area contributed by atoms with E-state index >= 15 is 0 Å². The zero-order valence-electron chi connectivity index (χ0n) is 12.1. The second-order valence-electron chi connectivity index (χ2n) is 5.35. The molecule has 0 saturated heterocycles. The van der Waals surface area contributed by atoms with E-state index in [-0.39, 0.29) is 5.91 Å². The molecule has 0 fully saturated rings. The van der Waals surface area contributed by atoms with Gasteiger partial charge in [0.2, 0.25) is 0 Å². The lowest BCUT2D eigenvalue weighted by atomic mass is 10.2. The van der Waals surface area contributed by atoms with Gasteiger partial charge >= 0.3 is 5.97 Å². The van der Waals surface area contributed by atoms with E-state index < -0.39 is 17.6 Å². The highest BCUT2D eigenvalue weighted by Crippen LogP contribution is 2.17. The fourth-order valence-corrected chi connectivity index (χ4v) is 2.26. The molecule has 1 heterocycles. The number of ether oxygens (including phenoxy) is 1. The minimum atomic E-state index is -0.654. The van der Waals surface area contributed by atoms with E-state index in [0.717, 1.165) is 11.3 Å². The van der Waals surface area contributed by atoms with Gasteiger partial charge in [0, 0.05) is 4.88 Å². The van der Waals surface area contributed by atoms with Crippen molar-refractivity contribution in [1.82, 2.24) is 5.32 Å². The van der Waals surface area contributed by atoms with Gasteiger partial charge in [-0.1, -0.05) is 6.92 Å². The predicted molar refractivity (Wildman–Crippen MR) is 76.5 cm³/mol. The Kier molecular flexibility index (Phi) is 5.11. The van der Waals surface area contributed by atoms with Crippen LogP contribution in [0.2, 0.25) is 0 Å². The summed E-state index contributed by atoms with van der Waals surface area (Å²) in [5, 5.41) is 2.65. The van der Waals surface area contributed by atoms with Crippen LogP contribution < -0.4 is 5.32 Å². The Labute approximate surface area is 118 Å². The second kappa shape index (κ2) is 6.19. The summed E-state index contributed by atoms with van der Waals surface area (Å²) in [4.78, 5) is 25.5. The zero-order valence-corrected chi connectivity index (χ0v) is 12.9. The molecule has 5 heteroatoms. The number of thiophene rings is 1. The zero-order chi connectivity index (χ0) is 14.6. The van der Waals surface area contributed by atoms with Crippen LogP contribution in [0.4, 0.5) is 0 Å². The first kappa shape index (κ1) is 15.7. The van der Waals surface area contributed by atoms with Gasteiger partial charge in [0.15, 0.2) is 0 Å². The van der Waals surface area contributed by atoms with E-state index in [9.17, 15) is 9.59 Å². The molecule has 0 unspecified atom stereocenters. The van der Waals surface area contributed by atoms with Crippen LogP contribution in [-0.4, -0.2) is 23.5 Å². The van der Waals surface area contributed by atoms with Gasteiger partial charge in [-0.3, -0.25) is 4.79 Å². The van der Waals surface area contributed by atoms with Gasteiger partial charge in [-0.05, 0) is 46.2 Å². The van der Waals surface area contributed by atoms with Crippen LogP contribution in [0, 0.1) is 0 Å². The topological polar surface area (TPSA) is 55.4 Å². The van der Waals surface area contributed by atoms with Crippen molar-refractivity contribution < 1.29 is 14.3 Å². The molecule has 0 aliphatic heterocycles. The second-order valence-corrected chi connectivity index (χ2v) is 6.52. The highest BCUT2D eigenvalue weighted by atomic mass is 32.1. The summed E-state index contributed by atoms with van der Waals surface area (Å²) in [6, 6.07) is 3.05. The number of carbonyl (C=O) groups is 2. The first-order valence-electron chi connectivity index (χ1n) is 6.35. The van der Waals surface area contributed by atoms with Gasteiger partial charge in [-0.2, -0.15) is 0 Å². The highest BCUT2D eigenvalue weighted by molar-refractivity contribution is 7.14. The van der Waals surface area contributed by atoms with Crippen molar-refractivity contribution in [3.05, 3.63) is 21.9 Å². The minimum absolute atomic E-state index is 0.233. The van der Waals surface area contributed by atoms with Gasteiger partial charge in [0.1, 0.15) is 11.6 Å². The number of aryl methyl sites for hydroxylation is 1. The molecule has 0 radical (unpaired) electrons. The van der Waals surface area contributed by atoms with Gasteiger partial charge in [0.05, 0.1) is 4.88 Å². The number of esters is 1. The van der Waals surface area contributed by atoms with Gasteiger partial charge < -0.3 is 10.1 Å². The van der Waals surface area contributed by atoms with Crippen LogP contribution in [0.3, 0.4) is 0 Å². The Bertz CT molecular complexity index is 460. The molecule has 0 aromatic carbocycles. The van der Waals surface area contributed by atoms with Crippen LogP contribution in [0.25, 0.3) is 0 Å². The normalized spacial score (nSPS) is 12.9. The Hall–Kier alpha value is -1.36. The van der Waals surface area contributed by atoms with Gasteiger partial charge in [-0.15, -0.1) is 11.3 Å². The average molecular weight is 283 g/mol. The maximum absolute atomic E-state index is 11.9. The number of hydrogen-bond acceptors (Lipinski definition) is 4. The first-order chi connectivity index (χ1) is 8.73. The van der Waals surface area contributed by atoms with Crippen molar-refractivity contribution in [2.24, 2.45) is 0 Å². The van der Waals surface area contributed by atoms with Gasteiger partial charge in [0.25, 0.3) is 5.91 Å². The molecular weight excluding hydrogens is 262 g/mol. The molecule has 0 spiro atoms. The molecule has 0 aliphatic rings. The summed E-state index contributed by atoms with van der Waals surface area (Å²) in [6.45, 7) is 9.06. The number of amides is 1. The number of carbonyl (C=O) groups excluding carboxylic acids is 2. The molecule has 1 aromatic heterocycles. The van der Waals surface area contributed by atoms with Crippen molar-refractivity contribution in [2.45, 2.75) is 52.7 Å². The molecule has 4 nitrogen and oxygen atoms in total. The fraction of sp³-hybridized carbons (Fsp3) is 0.571. The van der Waals surface area contributed by atoms with E-state index in [4.69, 9.17) is 4.74 Å². The smallest absolute Gasteiger partial charge is 0.328 e. The van der Waals surface area contributed by atoms with E-state index in [1.807, 2.05) is 13.0 Å². The van der Waals surface area contributed by atoms with Crippen molar-refractivity contribution in [1.29, 1.82) is 0 Å². The number of rotatable bonds is 4. The molecule has 1 N–H and O–H groups in total. The van der Waals surface area contributed by atoms with E-state index in [2.05, 4.69) is 5.32 Å². The first-order valence-corrected chi connectivity index (χ1v) is 7.17. The van der Waals surface area contributed by atoms with Crippen molar-refractivity contribution in [3.63, 3.8) is 0 Å². The molecule has 19 heavy (non-hydrogen) atoms. The third kappa shape index (κ3) is 5.03. The highest BCUT2D eigenvalue weighted by Gasteiger charge is 2.23. The third-order valence-corrected chi connectivity index (χ3v) is 3.57. The molecule has 106 valence electrons. The SMILES string of the molecule is CCc1ccc(C(=O)N[C@H](C)C(=O)OC(C)(C)C)s1. The van der Waals surface area contributed by atoms with Crippen LogP contribution in [0.5, 0.6) is 0 Å². The molecule has 1 rings (SSSR count). The van der Waals surface area contributed by atoms with Gasteiger partial charge in [-0.25, -0.2) is 4.79 Å². The molecule has 0 bridgehead atoms. The van der Waals surface area contributed by atoms with Crippen molar-refractivity contribution in [3.8, 4) is 0 Å². The summed E-state index contributed by atoms with van der Waals surface area (Å²) >= 11 is 1.44. The number of nitrogens with one attached hydrogen (secondary N) is 1. The van der Waals surface area contributed by atoms with Crippen molar-refractivity contribution >= 4 is 23.2 Å². The standard InChI is InChI=1S/C14H21NO3S/c1-6-10-7-8-11(19-10)12(16)15-9(2)13(17)18-14(3,4)5/h7-9H,6H2,1-5H3,(H,15,16)/t9-/m1/s1. The summed E-state index contributed by atoms with van der Waals surface area (Å²) in [6.07, 6.45) is 0.902. The summed E-state index contributed by atoms with van der Waals surface area (Å²) in [5.74, 6) is -0.656. The lowest BCUT2D eigenvalue weighted by molar-refractivity contribution is -0.156. The van der Waals surface area contributed by atoms with Crippen LogP contribution in [0.15, 0.2) is 12.1 Å². The Balaban J connectivity index is 2.59. The lowest BCUT2D eigenvalue weighted by Gasteiger charge is -2.22. The molecule has 1 aromatic rings. The quantitative estimate of drug-likeness (QED) is 0.864. The average Bonchev–Trinajstić information content (AvgIpc) is 2.75. The lowest BCUT2D eigenvalue weighted by Crippen LogP contribution is -2.42. The monoisotopic (exact) mass is 283 g/mol. The summed E-state index contributed by atoms with van der Waals surface area (Å²) in [5.41, 5.74) is -0.547. The van der Waals surface area contributed by atoms with E-state index in [1.54, 1.807) is 33.8 Å². The minimum Gasteiger partial charge on any atom is -0.458 e. The summed E-state index contributed by atoms with van der Waals surface area (Å²) < 4.78 is 5.21. The third-order valence-electron chi connectivity index (χ3n) is 2.34. The maximum atomic E-state index is 11.9. The molecule has 0 saturated carbocycles. The molecular formula is C14H21NO3S. The maximum Gasteiger partial charge on any atom is 0.328 e. The molecule has 0 aliphatic carbocycles. The molecule has 1 amide bonds. The van der Waals surface area contributed by atoms with E-state index in [1.165, 1.54) is 11.3 Å². The fourth-order valence-electron chi connectivity index (χ4n) is 1.41. The predicted octanol–water partition coefficient (Wildman–Crippen LogP) is 2.77. The van der Waals surface area contributed by atoms with Crippen LogP contribution in [0.1, 0.15) is 49.2 Å². The van der Waals surface area contributed by atoms with Crippen LogP contribution >= 0.6 is 11.3 Å². The van der Waals surface area contributed by atoms with Crippen molar-refractivity contribution in [2.75, 3.05) is 0 Å². The Morgan fingerprint density at radius 1 is 1.37 bits per heavy atom. The van der Waals surface area contributed by atoms with Crippen LogP contribution in [-0.2, 0) is 16.0 Å².